The molecule has 24 heavy (non-hydrogen) atoms. The van der Waals surface area contributed by atoms with Gasteiger partial charge in [0, 0.05) is 26.1 Å². The van der Waals surface area contributed by atoms with Gasteiger partial charge in [-0.2, -0.15) is 0 Å². The molecule has 1 saturated heterocycles. The van der Waals surface area contributed by atoms with Crippen molar-refractivity contribution >= 4 is 23.7 Å². The number of carbonyl (C=O) groups excluding carboxylic acids is 3. The maximum absolute atomic E-state index is 12.3. The molecular formula is C16H19N3O5. The highest BCUT2D eigenvalue weighted by Crippen LogP contribution is 2.22. The number of likely N-dealkylation sites (tertiary alicyclic amines) is 1. The number of benzene rings is 1. The lowest BCUT2D eigenvalue weighted by Gasteiger charge is -2.23. The van der Waals surface area contributed by atoms with Crippen LogP contribution in [0.4, 0.5) is 4.79 Å². The van der Waals surface area contributed by atoms with Crippen molar-refractivity contribution in [3.8, 4) is 0 Å². The van der Waals surface area contributed by atoms with E-state index in [1.165, 1.54) is 4.90 Å². The molecular weight excluding hydrogens is 314 g/mol. The highest BCUT2D eigenvalue weighted by Gasteiger charge is 2.38. The summed E-state index contributed by atoms with van der Waals surface area (Å²) < 4.78 is 0. The monoisotopic (exact) mass is 333 g/mol. The Labute approximate surface area is 138 Å². The van der Waals surface area contributed by atoms with E-state index in [4.69, 9.17) is 5.11 Å². The summed E-state index contributed by atoms with van der Waals surface area (Å²) in [6.07, 6.45) is -0.659. The Bertz CT molecular complexity index is 632. The van der Waals surface area contributed by atoms with Gasteiger partial charge in [-0.15, -0.1) is 0 Å². The third-order valence-electron chi connectivity index (χ3n) is 3.74. The summed E-state index contributed by atoms with van der Waals surface area (Å²) in [6.45, 7) is 0.297. The molecule has 0 saturated carbocycles. The second-order valence-electron chi connectivity index (χ2n) is 5.41. The van der Waals surface area contributed by atoms with E-state index in [1.807, 2.05) is 30.3 Å². The number of carboxylic acid groups (broad SMARTS) is 1. The van der Waals surface area contributed by atoms with E-state index in [1.54, 1.807) is 0 Å². The minimum atomic E-state index is -1.20. The van der Waals surface area contributed by atoms with E-state index in [9.17, 15) is 19.2 Å². The van der Waals surface area contributed by atoms with Gasteiger partial charge in [0.15, 0.2) is 0 Å². The fourth-order valence-corrected chi connectivity index (χ4v) is 2.57. The lowest BCUT2D eigenvalue weighted by Crippen LogP contribution is -2.46. The zero-order chi connectivity index (χ0) is 17.5. The van der Waals surface area contributed by atoms with Gasteiger partial charge < -0.3 is 20.6 Å². The largest absolute Gasteiger partial charge is 0.465 e. The SMILES string of the molecule is O=C(O)NCCNC(=O)C(=O)[C@H]1CCC(=O)N1Cc1ccccc1. The summed E-state index contributed by atoms with van der Waals surface area (Å²) in [6, 6.07) is 8.47. The molecule has 8 heteroatoms. The Morgan fingerprint density at radius 2 is 1.79 bits per heavy atom. The van der Waals surface area contributed by atoms with Crippen molar-refractivity contribution in [2.24, 2.45) is 0 Å². The van der Waals surface area contributed by atoms with Gasteiger partial charge in [-0.3, -0.25) is 14.4 Å². The molecule has 1 aromatic carbocycles. The first-order valence-corrected chi connectivity index (χ1v) is 7.61. The number of nitrogens with zero attached hydrogens (tertiary/aromatic N) is 1. The molecule has 1 aliphatic heterocycles. The maximum Gasteiger partial charge on any atom is 0.404 e. The molecule has 0 bridgehead atoms. The van der Waals surface area contributed by atoms with Crippen molar-refractivity contribution < 1.29 is 24.3 Å². The lowest BCUT2D eigenvalue weighted by atomic mass is 10.1. The number of hydrogen-bond donors (Lipinski definition) is 3. The number of nitrogens with one attached hydrogen (secondary N) is 2. The molecule has 1 atom stereocenters. The number of amides is 3. The predicted octanol–water partition coefficient (Wildman–Crippen LogP) is 0.131. The maximum atomic E-state index is 12.3. The van der Waals surface area contributed by atoms with E-state index in [0.717, 1.165) is 5.56 Å². The average molecular weight is 333 g/mol. The summed E-state index contributed by atoms with van der Waals surface area (Å²) in [5, 5.41) is 12.9. The number of carbonyl (C=O) groups is 4. The third-order valence-corrected chi connectivity index (χ3v) is 3.74. The van der Waals surface area contributed by atoms with Crippen molar-refractivity contribution in [1.82, 2.24) is 15.5 Å². The Hall–Kier alpha value is -2.90. The Morgan fingerprint density at radius 3 is 2.46 bits per heavy atom. The molecule has 8 nitrogen and oxygen atoms in total. The van der Waals surface area contributed by atoms with Crippen molar-refractivity contribution in [1.29, 1.82) is 0 Å². The van der Waals surface area contributed by atoms with Crippen LogP contribution in [-0.4, -0.2) is 52.8 Å². The van der Waals surface area contributed by atoms with Crippen LogP contribution in [0.3, 0.4) is 0 Å². The van der Waals surface area contributed by atoms with Crippen molar-refractivity contribution in [3.05, 3.63) is 35.9 Å². The second-order valence-corrected chi connectivity index (χ2v) is 5.41. The van der Waals surface area contributed by atoms with Gasteiger partial charge in [-0.05, 0) is 12.0 Å². The van der Waals surface area contributed by atoms with E-state index in [-0.39, 0.29) is 32.0 Å². The highest BCUT2D eigenvalue weighted by atomic mass is 16.4. The van der Waals surface area contributed by atoms with Gasteiger partial charge in [-0.25, -0.2) is 4.79 Å². The topological polar surface area (TPSA) is 116 Å². The average Bonchev–Trinajstić information content (AvgIpc) is 2.92. The lowest BCUT2D eigenvalue weighted by molar-refractivity contribution is -0.143. The molecule has 3 N–H and O–H groups in total. The van der Waals surface area contributed by atoms with Crippen molar-refractivity contribution in [2.75, 3.05) is 13.1 Å². The van der Waals surface area contributed by atoms with Gasteiger partial charge >= 0.3 is 6.09 Å². The Morgan fingerprint density at radius 1 is 1.12 bits per heavy atom. The van der Waals surface area contributed by atoms with Crippen LogP contribution < -0.4 is 10.6 Å². The molecule has 0 aliphatic carbocycles. The molecule has 3 amide bonds. The molecule has 0 radical (unpaired) electrons. The van der Waals surface area contributed by atoms with Crippen LogP contribution in [0.2, 0.25) is 0 Å². The molecule has 0 aromatic heterocycles. The molecule has 128 valence electrons. The quantitative estimate of drug-likeness (QED) is 0.484. The van der Waals surface area contributed by atoms with Gasteiger partial charge in [-0.1, -0.05) is 30.3 Å². The highest BCUT2D eigenvalue weighted by molar-refractivity contribution is 6.38. The first kappa shape index (κ1) is 17.5. The number of hydrogen-bond acceptors (Lipinski definition) is 4. The Kier molecular flexibility index (Phi) is 5.89. The molecule has 1 fully saturated rings. The molecule has 0 spiro atoms. The normalized spacial score (nSPS) is 16.8. The minimum Gasteiger partial charge on any atom is -0.465 e. The fourth-order valence-electron chi connectivity index (χ4n) is 2.57. The third kappa shape index (κ3) is 4.55. The van der Waals surface area contributed by atoms with Crippen molar-refractivity contribution in [3.63, 3.8) is 0 Å². The van der Waals surface area contributed by atoms with Crippen LogP contribution in [0.5, 0.6) is 0 Å². The number of Topliss-reactive ketones (excluding diaryl/α,β-unsaturated/α-hetero) is 1. The fraction of sp³-hybridized carbons (Fsp3) is 0.375. The van der Waals surface area contributed by atoms with E-state index < -0.39 is 23.8 Å². The Balaban J connectivity index is 1.93. The van der Waals surface area contributed by atoms with Crippen LogP contribution in [0.25, 0.3) is 0 Å². The smallest absolute Gasteiger partial charge is 0.404 e. The first-order chi connectivity index (χ1) is 11.5. The number of ketones is 1. The van der Waals surface area contributed by atoms with Gasteiger partial charge in [0.2, 0.25) is 11.7 Å². The van der Waals surface area contributed by atoms with Crippen molar-refractivity contribution in [2.45, 2.75) is 25.4 Å². The summed E-state index contributed by atoms with van der Waals surface area (Å²) in [4.78, 5) is 47.9. The zero-order valence-corrected chi connectivity index (χ0v) is 13.0. The number of rotatable bonds is 7. The predicted molar refractivity (Wildman–Crippen MR) is 84.1 cm³/mol. The van der Waals surface area contributed by atoms with E-state index in [0.29, 0.717) is 6.42 Å². The second kappa shape index (κ2) is 8.09. The van der Waals surface area contributed by atoms with Crippen LogP contribution >= 0.6 is 0 Å². The van der Waals surface area contributed by atoms with Gasteiger partial charge in [0.05, 0.1) is 0 Å². The molecule has 1 aromatic rings. The minimum absolute atomic E-state index is 0.00564. The summed E-state index contributed by atoms with van der Waals surface area (Å²) >= 11 is 0. The van der Waals surface area contributed by atoms with Crippen LogP contribution in [-0.2, 0) is 20.9 Å². The van der Waals surface area contributed by atoms with Gasteiger partial charge in [0.1, 0.15) is 6.04 Å². The van der Waals surface area contributed by atoms with Crippen LogP contribution in [0.1, 0.15) is 18.4 Å². The van der Waals surface area contributed by atoms with E-state index >= 15 is 0 Å². The zero-order valence-electron chi connectivity index (χ0n) is 13.0. The summed E-state index contributed by atoms with van der Waals surface area (Å²) in [5.41, 5.74) is 0.886. The summed E-state index contributed by atoms with van der Waals surface area (Å²) in [5.74, 6) is -1.63. The van der Waals surface area contributed by atoms with Crippen LogP contribution in [0.15, 0.2) is 30.3 Å². The first-order valence-electron chi connectivity index (χ1n) is 7.61. The van der Waals surface area contributed by atoms with Crippen LogP contribution in [0, 0.1) is 0 Å². The standard InChI is InChI=1S/C16H19N3O5/c20-13-7-6-12(19(13)10-11-4-2-1-3-5-11)14(21)15(22)17-8-9-18-16(23)24/h1-5,12,18H,6-10H2,(H,17,22)(H,23,24)/t12-/m1/s1. The van der Waals surface area contributed by atoms with Gasteiger partial charge in [0.25, 0.3) is 5.91 Å². The summed E-state index contributed by atoms with van der Waals surface area (Å²) in [7, 11) is 0. The van der Waals surface area contributed by atoms with E-state index in [2.05, 4.69) is 10.6 Å². The molecule has 0 unspecified atom stereocenters. The molecule has 1 heterocycles. The molecule has 1 aliphatic rings. The molecule has 2 rings (SSSR count).